The van der Waals surface area contributed by atoms with Crippen molar-refractivity contribution in [3.63, 3.8) is 0 Å². The molecule has 78 valence electrons. The van der Waals surface area contributed by atoms with E-state index in [1.54, 1.807) is 0 Å². The summed E-state index contributed by atoms with van der Waals surface area (Å²) in [5, 5.41) is 0. The van der Waals surface area contributed by atoms with Gasteiger partial charge in [-0.05, 0) is 12.5 Å². The summed E-state index contributed by atoms with van der Waals surface area (Å²) in [6, 6.07) is 0. The summed E-state index contributed by atoms with van der Waals surface area (Å²) in [5.41, 5.74) is 5.15. The first kappa shape index (κ1) is 15.0. The number of halogens is 1. The Kier molecular flexibility index (Phi) is 7.96. The van der Waals surface area contributed by atoms with E-state index >= 15 is 0 Å². The van der Waals surface area contributed by atoms with Crippen LogP contribution in [0.4, 0.5) is 0 Å². The van der Waals surface area contributed by atoms with E-state index in [1.165, 1.54) is 0 Å². The molecule has 0 radical (unpaired) electrons. The Morgan fingerprint density at radius 2 is 2.15 bits per heavy atom. The van der Waals surface area contributed by atoms with E-state index in [0.717, 1.165) is 19.5 Å². The average Bonchev–Trinajstić information content (AvgIpc) is 1.85. The third-order valence-electron chi connectivity index (χ3n) is 1.87. The molecule has 0 aliphatic heterocycles. The van der Waals surface area contributed by atoms with Gasteiger partial charge in [-0.25, -0.2) is 0 Å². The van der Waals surface area contributed by atoms with Gasteiger partial charge in [0, 0.05) is 0 Å². The van der Waals surface area contributed by atoms with Crippen LogP contribution in [-0.2, 0) is 4.79 Å². The summed E-state index contributed by atoms with van der Waals surface area (Å²) in [4.78, 5) is 10.7. The van der Waals surface area contributed by atoms with Crippen LogP contribution in [0, 0.1) is 0 Å². The fourth-order valence-electron chi connectivity index (χ4n) is 1.46. The maximum absolute atomic E-state index is 10.7. The molecule has 0 aromatic rings. The van der Waals surface area contributed by atoms with Gasteiger partial charge in [-0.1, -0.05) is 13.5 Å². The SMILES string of the molecule is C=CC[N+](C)(CCC)CC(N)=O.[Cl-]. The number of hydrogen-bond donors (Lipinski definition) is 1. The molecule has 0 saturated carbocycles. The highest BCUT2D eigenvalue weighted by Crippen LogP contribution is 2.03. The van der Waals surface area contributed by atoms with E-state index < -0.39 is 0 Å². The third kappa shape index (κ3) is 6.61. The number of primary amides is 1. The van der Waals surface area contributed by atoms with E-state index in [-0.39, 0.29) is 18.3 Å². The van der Waals surface area contributed by atoms with E-state index in [9.17, 15) is 4.79 Å². The molecule has 2 N–H and O–H groups in total. The van der Waals surface area contributed by atoms with Crippen molar-refractivity contribution in [3.8, 4) is 0 Å². The lowest BCUT2D eigenvalue weighted by atomic mass is 10.3. The van der Waals surface area contributed by atoms with E-state index in [0.29, 0.717) is 11.0 Å². The number of nitrogens with zero attached hydrogens (tertiary/aromatic N) is 1. The molecule has 0 aromatic carbocycles. The quantitative estimate of drug-likeness (QED) is 0.380. The van der Waals surface area contributed by atoms with Crippen LogP contribution in [0.15, 0.2) is 12.7 Å². The Morgan fingerprint density at radius 1 is 1.62 bits per heavy atom. The molecule has 3 nitrogen and oxygen atoms in total. The highest BCUT2D eigenvalue weighted by Gasteiger charge is 2.20. The Bertz CT molecular complexity index is 173. The molecule has 1 atom stereocenters. The first-order valence-electron chi connectivity index (χ1n) is 4.27. The van der Waals surface area contributed by atoms with Gasteiger partial charge in [-0.15, -0.1) is 0 Å². The molecule has 1 amide bonds. The van der Waals surface area contributed by atoms with Crippen molar-refractivity contribution in [2.45, 2.75) is 13.3 Å². The fourth-order valence-corrected chi connectivity index (χ4v) is 1.46. The Hall–Kier alpha value is -0.540. The minimum atomic E-state index is -0.243. The second kappa shape index (κ2) is 6.92. The number of carbonyl (C=O) groups is 1. The van der Waals surface area contributed by atoms with Crippen LogP contribution >= 0.6 is 0 Å². The van der Waals surface area contributed by atoms with Crippen LogP contribution in [0.3, 0.4) is 0 Å². The highest BCUT2D eigenvalue weighted by atomic mass is 35.5. The monoisotopic (exact) mass is 206 g/mol. The maximum atomic E-state index is 10.7. The Labute approximate surface area is 86.6 Å². The molecule has 0 heterocycles. The lowest BCUT2D eigenvalue weighted by Crippen LogP contribution is -3.00. The molecule has 4 heteroatoms. The molecule has 0 bridgehead atoms. The van der Waals surface area contributed by atoms with Crippen molar-refractivity contribution in [1.82, 2.24) is 0 Å². The van der Waals surface area contributed by atoms with Gasteiger partial charge >= 0.3 is 0 Å². The fraction of sp³-hybridized carbons (Fsp3) is 0.667. The van der Waals surface area contributed by atoms with Gasteiger partial charge in [0.25, 0.3) is 5.91 Å². The zero-order valence-corrected chi connectivity index (χ0v) is 9.18. The topological polar surface area (TPSA) is 43.1 Å². The zero-order valence-electron chi connectivity index (χ0n) is 8.42. The number of nitrogens with two attached hydrogens (primary N) is 1. The van der Waals surface area contributed by atoms with Crippen LogP contribution in [0.5, 0.6) is 0 Å². The van der Waals surface area contributed by atoms with Gasteiger partial charge in [0.05, 0.1) is 20.1 Å². The maximum Gasteiger partial charge on any atom is 0.272 e. The molecule has 13 heavy (non-hydrogen) atoms. The summed E-state index contributed by atoms with van der Waals surface area (Å²) >= 11 is 0. The normalized spacial score (nSPS) is 14.0. The summed E-state index contributed by atoms with van der Waals surface area (Å²) in [6.07, 6.45) is 2.89. The standard InChI is InChI=1S/C9H18N2O.ClH/c1-4-6-11(3,7-5-2)8-9(10)12;/h4H,1,5-8H2,2-3H3,(H-,10,12);1H. The molecule has 0 aromatic heterocycles. The van der Waals surface area contributed by atoms with E-state index in [1.807, 2.05) is 13.1 Å². The first-order valence-corrected chi connectivity index (χ1v) is 4.27. The number of rotatable bonds is 6. The summed E-state index contributed by atoms with van der Waals surface area (Å²) in [5.74, 6) is -0.243. The summed E-state index contributed by atoms with van der Waals surface area (Å²) < 4.78 is 0.676. The first-order chi connectivity index (χ1) is 5.54. The second-order valence-corrected chi connectivity index (χ2v) is 3.44. The lowest BCUT2D eigenvalue weighted by Gasteiger charge is -2.31. The molecular formula is C9H19ClN2O. The van der Waals surface area contributed by atoms with E-state index in [2.05, 4.69) is 13.5 Å². The van der Waals surface area contributed by atoms with Crippen LogP contribution < -0.4 is 18.1 Å². The van der Waals surface area contributed by atoms with Crippen molar-refractivity contribution in [1.29, 1.82) is 0 Å². The largest absolute Gasteiger partial charge is 1.00 e. The predicted molar refractivity (Wildman–Crippen MR) is 50.5 cm³/mol. The van der Waals surface area contributed by atoms with Crippen LogP contribution in [0.1, 0.15) is 13.3 Å². The number of hydrogen-bond acceptors (Lipinski definition) is 1. The Balaban J connectivity index is 0. The number of likely N-dealkylation sites (N-methyl/N-ethyl adjacent to an activating group) is 1. The Morgan fingerprint density at radius 3 is 2.46 bits per heavy atom. The highest BCUT2D eigenvalue weighted by molar-refractivity contribution is 5.74. The van der Waals surface area contributed by atoms with Gasteiger partial charge in [0.15, 0.2) is 6.54 Å². The smallest absolute Gasteiger partial charge is 0.272 e. The molecule has 0 aliphatic rings. The third-order valence-corrected chi connectivity index (χ3v) is 1.87. The summed E-state index contributed by atoms with van der Waals surface area (Å²) in [6.45, 7) is 7.94. The minimum absolute atomic E-state index is 0. The number of carbonyl (C=O) groups excluding carboxylic acids is 1. The van der Waals surface area contributed by atoms with Crippen molar-refractivity contribution in [2.75, 3.05) is 26.7 Å². The predicted octanol–water partition coefficient (Wildman–Crippen LogP) is -2.48. The lowest BCUT2D eigenvalue weighted by molar-refractivity contribution is -0.896. The average molecular weight is 207 g/mol. The molecule has 0 saturated heterocycles. The van der Waals surface area contributed by atoms with Crippen molar-refractivity contribution in [2.24, 2.45) is 5.73 Å². The van der Waals surface area contributed by atoms with Crippen LogP contribution in [0.25, 0.3) is 0 Å². The van der Waals surface area contributed by atoms with Crippen LogP contribution in [0.2, 0.25) is 0 Å². The zero-order chi connectivity index (χ0) is 9.61. The van der Waals surface area contributed by atoms with Gasteiger partial charge < -0.3 is 22.6 Å². The number of quaternary nitrogens is 1. The molecule has 0 fully saturated rings. The van der Waals surface area contributed by atoms with Gasteiger partial charge in [0.2, 0.25) is 0 Å². The minimum Gasteiger partial charge on any atom is -1.00 e. The van der Waals surface area contributed by atoms with Crippen molar-refractivity contribution >= 4 is 5.91 Å². The van der Waals surface area contributed by atoms with Crippen molar-refractivity contribution in [3.05, 3.63) is 12.7 Å². The van der Waals surface area contributed by atoms with E-state index in [4.69, 9.17) is 5.73 Å². The molecule has 0 spiro atoms. The second-order valence-electron chi connectivity index (χ2n) is 3.44. The van der Waals surface area contributed by atoms with Gasteiger partial charge in [-0.3, -0.25) is 4.79 Å². The van der Waals surface area contributed by atoms with Gasteiger partial charge in [0.1, 0.15) is 0 Å². The molecule has 1 unspecified atom stereocenters. The van der Waals surface area contributed by atoms with Crippen molar-refractivity contribution < 1.29 is 21.7 Å². The summed E-state index contributed by atoms with van der Waals surface area (Å²) in [7, 11) is 2.02. The molecule has 0 aliphatic carbocycles. The van der Waals surface area contributed by atoms with Gasteiger partial charge in [-0.2, -0.15) is 0 Å². The van der Waals surface area contributed by atoms with Crippen LogP contribution in [-0.4, -0.2) is 37.1 Å². The number of amides is 1. The molecule has 0 rings (SSSR count). The molecular weight excluding hydrogens is 188 g/mol.